The van der Waals surface area contributed by atoms with E-state index in [1.54, 1.807) is 0 Å². The highest BCUT2D eigenvalue weighted by Gasteiger charge is 2.34. The van der Waals surface area contributed by atoms with Gasteiger partial charge in [-0.3, -0.25) is 4.90 Å². The molecule has 0 aromatic carbocycles. The van der Waals surface area contributed by atoms with Gasteiger partial charge in [0.2, 0.25) is 0 Å². The molecule has 0 spiro atoms. The second-order valence-electron chi connectivity index (χ2n) is 6.41. The number of ether oxygens (including phenoxy) is 1. The lowest BCUT2D eigenvalue weighted by atomic mass is 9.87. The van der Waals surface area contributed by atoms with Crippen molar-refractivity contribution in [3.8, 4) is 0 Å². The lowest BCUT2D eigenvalue weighted by Gasteiger charge is -2.31. The Morgan fingerprint density at radius 1 is 1.39 bits per heavy atom. The van der Waals surface area contributed by atoms with E-state index in [0.717, 1.165) is 32.8 Å². The standard InChI is InChI=1S/C14H28N2O2/c1-14(2)5-3-4-13(14)15-10-12(17)11-16-6-8-18-9-7-16/h12-13,15,17H,3-11H2,1-2H3. The molecule has 106 valence electrons. The summed E-state index contributed by atoms with van der Waals surface area (Å²) in [6, 6.07) is 0.567. The highest BCUT2D eigenvalue weighted by Crippen LogP contribution is 2.37. The van der Waals surface area contributed by atoms with Gasteiger partial charge in [0, 0.05) is 32.2 Å². The number of hydrogen-bond donors (Lipinski definition) is 2. The third-order valence-electron chi connectivity index (χ3n) is 4.43. The monoisotopic (exact) mass is 256 g/mol. The Hall–Kier alpha value is -0.160. The lowest BCUT2D eigenvalue weighted by molar-refractivity contribution is 0.0139. The smallest absolute Gasteiger partial charge is 0.0791 e. The Balaban J connectivity index is 1.66. The predicted octanol–water partition coefficient (Wildman–Crippen LogP) is 0.848. The van der Waals surface area contributed by atoms with E-state index in [-0.39, 0.29) is 6.10 Å². The molecule has 1 saturated heterocycles. The average Bonchev–Trinajstić information content (AvgIpc) is 2.67. The fourth-order valence-electron chi connectivity index (χ4n) is 3.13. The number of rotatable bonds is 5. The van der Waals surface area contributed by atoms with Crippen molar-refractivity contribution in [3.63, 3.8) is 0 Å². The van der Waals surface area contributed by atoms with Crippen molar-refractivity contribution < 1.29 is 9.84 Å². The molecule has 2 fully saturated rings. The zero-order valence-electron chi connectivity index (χ0n) is 11.8. The van der Waals surface area contributed by atoms with Crippen LogP contribution in [-0.4, -0.2) is 61.5 Å². The molecular formula is C14H28N2O2. The molecule has 2 rings (SSSR count). The van der Waals surface area contributed by atoms with E-state index in [2.05, 4.69) is 24.1 Å². The third-order valence-corrected chi connectivity index (χ3v) is 4.43. The summed E-state index contributed by atoms with van der Waals surface area (Å²) in [6.07, 6.45) is 3.59. The maximum Gasteiger partial charge on any atom is 0.0791 e. The molecule has 4 nitrogen and oxygen atoms in total. The number of aliphatic hydroxyl groups excluding tert-OH is 1. The minimum atomic E-state index is -0.264. The molecular weight excluding hydrogens is 228 g/mol. The minimum Gasteiger partial charge on any atom is -0.390 e. The van der Waals surface area contributed by atoms with Gasteiger partial charge in [-0.05, 0) is 18.3 Å². The molecule has 1 saturated carbocycles. The zero-order valence-corrected chi connectivity index (χ0v) is 11.8. The SMILES string of the molecule is CC1(C)CCCC1NCC(O)CN1CCOCC1. The van der Waals surface area contributed by atoms with Crippen LogP contribution in [0.4, 0.5) is 0 Å². The maximum absolute atomic E-state index is 10.1. The Labute approximate surface area is 111 Å². The molecule has 0 aromatic rings. The molecule has 1 aliphatic carbocycles. The summed E-state index contributed by atoms with van der Waals surface area (Å²) in [7, 11) is 0. The maximum atomic E-state index is 10.1. The number of hydrogen-bond acceptors (Lipinski definition) is 4. The van der Waals surface area contributed by atoms with Gasteiger partial charge in [-0.15, -0.1) is 0 Å². The van der Waals surface area contributed by atoms with Gasteiger partial charge in [0.1, 0.15) is 0 Å². The molecule has 0 bridgehead atoms. The van der Waals surface area contributed by atoms with Crippen molar-refractivity contribution in [1.82, 2.24) is 10.2 Å². The van der Waals surface area contributed by atoms with Crippen molar-refractivity contribution in [2.24, 2.45) is 5.41 Å². The normalized spacial score (nSPS) is 30.5. The molecule has 1 heterocycles. The third kappa shape index (κ3) is 3.92. The van der Waals surface area contributed by atoms with E-state index in [9.17, 15) is 5.11 Å². The molecule has 1 aliphatic heterocycles. The Kier molecular flexibility index (Phi) is 5.01. The van der Waals surface area contributed by atoms with Crippen LogP contribution in [0.3, 0.4) is 0 Å². The number of β-amino-alcohol motifs (C(OH)–C–C–N with tert-alkyl or cyclic N) is 1. The van der Waals surface area contributed by atoms with Crippen LogP contribution >= 0.6 is 0 Å². The van der Waals surface area contributed by atoms with Gasteiger partial charge in [-0.2, -0.15) is 0 Å². The molecule has 18 heavy (non-hydrogen) atoms. The van der Waals surface area contributed by atoms with Crippen molar-refractivity contribution in [1.29, 1.82) is 0 Å². The van der Waals surface area contributed by atoms with Gasteiger partial charge in [0.15, 0.2) is 0 Å². The van der Waals surface area contributed by atoms with Gasteiger partial charge < -0.3 is 15.2 Å². The summed E-state index contributed by atoms with van der Waals surface area (Å²) in [5.74, 6) is 0. The van der Waals surface area contributed by atoms with E-state index < -0.39 is 0 Å². The lowest BCUT2D eigenvalue weighted by Crippen LogP contribution is -2.47. The van der Waals surface area contributed by atoms with Crippen molar-refractivity contribution in [3.05, 3.63) is 0 Å². The summed E-state index contributed by atoms with van der Waals surface area (Å²) in [5, 5.41) is 13.6. The van der Waals surface area contributed by atoms with E-state index in [1.165, 1.54) is 19.3 Å². The molecule has 0 amide bonds. The summed E-state index contributed by atoms with van der Waals surface area (Å²) in [5.41, 5.74) is 0.388. The first kappa shape index (κ1) is 14.3. The Morgan fingerprint density at radius 3 is 2.72 bits per heavy atom. The number of morpholine rings is 1. The van der Waals surface area contributed by atoms with E-state index in [1.807, 2.05) is 0 Å². The predicted molar refractivity (Wildman–Crippen MR) is 72.7 cm³/mol. The highest BCUT2D eigenvalue weighted by atomic mass is 16.5. The van der Waals surface area contributed by atoms with Crippen LogP contribution < -0.4 is 5.32 Å². The van der Waals surface area contributed by atoms with Gasteiger partial charge in [0.25, 0.3) is 0 Å². The topological polar surface area (TPSA) is 44.7 Å². The first-order valence-corrected chi connectivity index (χ1v) is 7.29. The number of nitrogens with zero attached hydrogens (tertiary/aromatic N) is 1. The second-order valence-corrected chi connectivity index (χ2v) is 6.41. The number of aliphatic hydroxyl groups is 1. The largest absolute Gasteiger partial charge is 0.390 e. The van der Waals surface area contributed by atoms with Crippen LogP contribution in [0.15, 0.2) is 0 Å². The zero-order chi connectivity index (χ0) is 13.0. The first-order chi connectivity index (χ1) is 8.58. The molecule has 0 radical (unpaired) electrons. The number of nitrogens with one attached hydrogen (secondary N) is 1. The van der Waals surface area contributed by atoms with Gasteiger partial charge in [0.05, 0.1) is 19.3 Å². The molecule has 2 unspecified atom stereocenters. The van der Waals surface area contributed by atoms with E-state index >= 15 is 0 Å². The average molecular weight is 256 g/mol. The van der Waals surface area contributed by atoms with Crippen LogP contribution in [0.5, 0.6) is 0 Å². The Morgan fingerprint density at radius 2 is 2.11 bits per heavy atom. The van der Waals surface area contributed by atoms with Crippen LogP contribution in [0, 0.1) is 5.41 Å². The van der Waals surface area contributed by atoms with Crippen LogP contribution in [0.1, 0.15) is 33.1 Å². The van der Waals surface area contributed by atoms with Gasteiger partial charge in [-0.25, -0.2) is 0 Å². The van der Waals surface area contributed by atoms with E-state index in [0.29, 0.717) is 18.0 Å². The quantitative estimate of drug-likeness (QED) is 0.765. The van der Waals surface area contributed by atoms with Crippen LogP contribution in [0.2, 0.25) is 0 Å². The van der Waals surface area contributed by atoms with E-state index in [4.69, 9.17) is 4.74 Å². The van der Waals surface area contributed by atoms with Crippen molar-refractivity contribution in [2.75, 3.05) is 39.4 Å². The summed E-state index contributed by atoms with van der Waals surface area (Å²) in [4.78, 5) is 2.29. The summed E-state index contributed by atoms with van der Waals surface area (Å²) >= 11 is 0. The van der Waals surface area contributed by atoms with Crippen LogP contribution in [-0.2, 0) is 4.74 Å². The molecule has 4 heteroatoms. The first-order valence-electron chi connectivity index (χ1n) is 7.29. The summed E-state index contributed by atoms with van der Waals surface area (Å²) < 4.78 is 5.31. The molecule has 2 N–H and O–H groups in total. The van der Waals surface area contributed by atoms with Gasteiger partial charge >= 0.3 is 0 Å². The fraction of sp³-hybridized carbons (Fsp3) is 1.00. The van der Waals surface area contributed by atoms with Crippen molar-refractivity contribution >= 4 is 0 Å². The molecule has 0 aromatic heterocycles. The van der Waals surface area contributed by atoms with Gasteiger partial charge in [-0.1, -0.05) is 20.3 Å². The van der Waals surface area contributed by atoms with Crippen molar-refractivity contribution in [2.45, 2.75) is 45.3 Å². The highest BCUT2D eigenvalue weighted by molar-refractivity contribution is 4.90. The second kappa shape index (κ2) is 6.33. The molecule has 2 aliphatic rings. The summed E-state index contributed by atoms with van der Waals surface area (Å²) in [6.45, 7) is 9.64. The Bertz CT molecular complexity index is 252. The minimum absolute atomic E-state index is 0.264. The fourth-order valence-corrected chi connectivity index (χ4v) is 3.13. The molecule has 2 atom stereocenters. The van der Waals surface area contributed by atoms with Crippen LogP contribution in [0.25, 0.3) is 0 Å².